The predicted octanol–water partition coefficient (Wildman–Crippen LogP) is 4.01. The molecule has 0 bridgehead atoms. The summed E-state index contributed by atoms with van der Waals surface area (Å²) in [4.78, 5) is 2.91. The zero-order valence-electron chi connectivity index (χ0n) is 19.8. The Morgan fingerprint density at radius 3 is 2.65 bits per heavy atom. The van der Waals surface area contributed by atoms with E-state index in [2.05, 4.69) is 52.5 Å². The molecule has 1 saturated heterocycles. The van der Waals surface area contributed by atoms with Gasteiger partial charge in [0, 0.05) is 25.2 Å². The number of aromatic nitrogens is 2. The Morgan fingerprint density at radius 1 is 1.12 bits per heavy atom. The van der Waals surface area contributed by atoms with Gasteiger partial charge in [0.15, 0.2) is 9.84 Å². The number of hydrogen-bond acceptors (Lipinski definition) is 5. The molecule has 2 atom stereocenters. The van der Waals surface area contributed by atoms with E-state index in [1.54, 1.807) is 13.2 Å². The molecule has 0 radical (unpaired) electrons. The van der Waals surface area contributed by atoms with Gasteiger partial charge in [-0.25, -0.2) is 8.42 Å². The third-order valence-electron chi connectivity index (χ3n) is 7.22. The van der Waals surface area contributed by atoms with Crippen molar-refractivity contribution in [3.05, 3.63) is 77.6 Å². The van der Waals surface area contributed by atoms with Crippen LogP contribution in [0.3, 0.4) is 0 Å². The number of fused-ring (bicyclic) bond motifs is 1. The number of aryl methyl sites for hydroxylation is 2. The van der Waals surface area contributed by atoms with Gasteiger partial charge in [0.25, 0.3) is 0 Å². The second-order valence-corrected chi connectivity index (χ2v) is 11.6. The fourth-order valence-electron chi connectivity index (χ4n) is 5.29. The first-order valence-corrected chi connectivity index (χ1v) is 13.9. The second kappa shape index (κ2) is 9.92. The number of sulfone groups is 1. The van der Waals surface area contributed by atoms with Crippen LogP contribution in [-0.4, -0.2) is 54.6 Å². The quantitative estimate of drug-likeness (QED) is 0.434. The third kappa shape index (κ3) is 5.05. The van der Waals surface area contributed by atoms with Crippen LogP contribution in [0, 0.1) is 0 Å². The van der Waals surface area contributed by atoms with Crippen molar-refractivity contribution in [1.29, 1.82) is 0 Å². The van der Waals surface area contributed by atoms with E-state index in [9.17, 15) is 8.42 Å². The summed E-state index contributed by atoms with van der Waals surface area (Å²) < 4.78 is 32.5. The van der Waals surface area contributed by atoms with Gasteiger partial charge in [0.1, 0.15) is 10.6 Å². The Bertz CT molecular complexity index is 1220. The molecule has 5 rings (SSSR count). The highest BCUT2D eigenvalue weighted by molar-refractivity contribution is 7.91. The van der Waals surface area contributed by atoms with Gasteiger partial charge >= 0.3 is 0 Å². The van der Waals surface area contributed by atoms with Crippen LogP contribution in [-0.2, 0) is 29.7 Å². The molecular formula is C27H33N3O3S. The van der Waals surface area contributed by atoms with Crippen LogP contribution in [0.15, 0.2) is 65.8 Å². The van der Waals surface area contributed by atoms with Gasteiger partial charge in [-0.1, -0.05) is 36.4 Å². The molecule has 1 aliphatic carbocycles. The van der Waals surface area contributed by atoms with E-state index in [0.29, 0.717) is 25.0 Å². The first-order chi connectivity index (χ1) is 16.5. The summed E-state index contributed by atoms with van der Waals surface area (Å²) >= 11 is 0. The van der Waals surface area contributed by atoms with E-state index in [4.69, 9.17) is 4.74 Å². The summed E-state index contributed by atoms with van der Waals surface area (Å²) in [7, 11) is -1.62. The molecule has 0 N–H and O–H groups in total. The summed E-state index contributed by atoms with van der Waals surface area (Å²) in [5, 5.41) is 3.97. The number of benzene rings is 2. The van der Waals surface area contributed by atoms with Crippen molar-refractivity contribution in [2.45, 2.75) is 49.0 Å². The summed E-state index contributed by atoms with van der Waals surface area (Å²) in [6, 6.07) is 17.8. The maximum atomic E-state index is 12.5. The van der Waals surface area contributed by atoms with Gasteiger partial charge in [-0.05, 0) is 74.0 Å². The lowest BCUT2D eigenvalue weighted by Crippen LogP contribution is -2.49. The van der Waals surface area contributed by atoms with Crippen molar-refractivity contribution in [2.24, 2.45) is 7.05 Å². The van der Waals surface area contributed by atoms with Crippen molar-refractivity contribution in [2.75, 3.05) is 25.4 Å². The first-order valence-electron chi connectivity index (χ1n) is 12.2. The maximum absolute atomic E-state index is 12.5. The molecule has 0 amide bonds. The molecule has 2 unspecified atom stereocenters. The van der Waals surface area contributed by atoms with Crippen molar-refractivity contribution in [1.82, 2.24) is 14.7 Å². The molecule has 180 valence electrons. The lowest BCUT2D eigenvalue weighted by molar-refractivity contribution is 0.0876. The Balaban J connectivity index is 1.28. The maximum Gasteiger partial charge on any atom is 0.181 e. The zero-order chi connectivity index (χ0) is 23.5. The molecule has 1 aromatic heterocycles. The highest BCUT2D eigenvalue weighted by Crippen LogP contribution is 2.40. The Morgan fingerprint density at radius 2 is 1.94 bits per heavy atom. The smallest absolute Gasteiger partial charge is 0.181 e. The van der Waals surface area contributed by atoms with Gasteiger partial charge in [-0.15, -0.1) is 0 Å². The molecule has 6 nitrogen and oxygen atoms in total. The molecule has 3 aromatic rings. The van der Waals surface area contributed by atoms with Crippen molar-refractivity contribution >= 4 is 9.84 Å². The van der Waals surface area contributed by atoms with Gasteiger partial charge in [0.05, 0.1) is 18.6 Å². The molecule has 0 spiro atoms. The molecule has 0 saturated carbocycles. The lowest BCUT2D eigenvalue weighted by Gasteiger charge is -2.45. The topological polar surface area (TPSA) is 64.4 Å². The van der Waals surface area contributed by atoms with Crippen LogP contribution in [0.2, 0.25) is 0 Å². The van der Waals surface area contributed by atoms with Crippen LogP contribution in [0.1, 0.15) is 41.9 Å². The van der Waals surface area contributed by atoms with Gasteiger partial charge in [-0.2, -0.15) is 5.10 Å². The average Bonchev–Trinajstić information content (AvgIpc) is 3.25. The predicted molar refractivity (Wildman–Crippen MR) is 133 cm³/mol. The minimum Gasteiger partial charge on any atom is -0.494 e. The van der Waals surface area contributed by atoms with Gasteiger partial charge < -0.3 is 4.74 Å². The van der Waals surface area contributed by atoms with Crippen LogP contribution >= 0.6 is 0 Å². The standard InChI is InChI=1S/C27H33N3O3S/c1-29-20-24(19-28-29)34(31,32)16-6-15-33-23-11-9-22-10-12-27(30-13-5-14-30)26(25(22)18-23)17-21-7-3-2-4-8-21/h2-4,7-9,11,18-20,26-27H,5-6,10,12-17H2,1H3. The number of hydrogen-bond donors (Lipinski definition) is 0. The minimum atomic E-state index is -3.33. The molecule has 2 heterocycles. The van der Waals surface area contributed by atoms with Gasteiger partial charge in [-0.3, -0.25) is 9.58 Å². The first kappa shape index (κ1) is 23.1. The molecule has 2 aliphatic rings. The number of rotatable bonds is 9. The number of likely N-dealkylation sites (tertiary alicyclic amines) is 1. The fourth-order valence-corrected chi connectivity index (χ4v) is 6.54. The normalized spacial score (nSPS) is 20.5. The van der Waals surface area contributed by atoms with E-state index in [1.165, 1.54) is 53.5 Å². The summed E-state index contributed by atoms with van der Waals surface area (Å²) in [6.07, 6.45) is 8.02. The van der Waals surface area contributed by atoms with Crippen molar-refractivity contribution < 1.29 is 13.2 Å². The summed E-state index contributed by atoms with van der Waals surface area (Å²) in [5.74, 6) is 1.33. The Labute approximate surface area is 202 Å². The third-order valence-corrected chi connectivity index (χ3v) is 8.97. The second-order valence-electron chi connectivity index (χ2n) is 9.52. The van der Waals surface area contributed by atoms with Crippen LogP contribution in [0.4, 0.5) is 0 Å². The summed E-state index contributed by atoms with van der Waals surface area (Å²) in [5.41, 5.74) is 4.19. The molecule has 34 heavy (non-hydrogen) atoms. The Hall–Kier alpha value is -2.64. The monoisotopic (exact) mass is 479 g/mol. The highest BCUT2D eigenvalue weighted by atomic mass is 32.2. The average molecular weight is 480 g/mol. The fraction of sp³-hybridized carbons (Fsp3) is 0.444. The number of ether oxygens (including phenoxy) is 1. The highest BCUT2D eigenvalue weighted by Gasteiger charge is 2.36. The van der Waals surface area contributed by atoms with E-state index in [0.717, 1.165) is 18.6 Å². The molecule has 1 fully saturated rings. The van der Waals surface area contributed by atoms with Crippen LogP contribution in [0.5, 0.6) is 5.75 Å². The lowest BCUT2D eigenvalue weighted by atomic mass is 9.75. The van der Waals surface area contributed by atoms with E-state index in [1.807, 2.05) is 6.07 Å². The molecule has 7 heteroatoms. The molecular weight excluding hydrogens is 446 g/mol. The van der Waals surface area contributed by atoms with Crippen molar-refractivity contribution in [3.8, 4) is 5.75 Å². The largest absolute Gasteiger partial charge is 0.494 e. The van der Waals surface area contributed by atoms with Crippen LogP contribution in [0.25, 0.3) is 0 Å². The van der Waals surface area contributed by atoms with Crippen LogP contribution < -0.4 is 4.74 Å². The Kier molecular flexibility index (Phi) is 6.75. The van der Waals surface area contributed by atoms with E-state index < -0.39 is 9.84 Å². The van der Waals surface area contributed by atoms with E-state index >= 15 is 0 Å². The van der Waals surface area contributed by atoms with E-state index in [-0.39, 0.29) is 10.6 Å². The number of nitrogens with zero attached hydrogens (tertiary/aromatic N) is 3. The zero-order valence-corrected chi connectivity index (χ0v) is 20.6. The van der Waals surface area contributed by atoms with Crippen molar-refractivity contribution in [3.63, 3.8) is 0 Å². The molecule has 1 aliphatic heterocycles. The molecule has 2 aromatic carbocycles. The summed E-state index contributed by atoms with van der Waals surface area (Å²) in [6.45, 7) is 2.77. The SMILES string of the molecule is Cn1cc(S(=O)(=O)CCCOc2ccc3c(c2)C(Cc2ccccc2)C(N2CCC2)CC3)cn1. The minimum absolute atomic E-state index is 0.0529. The van der Waals surface area contributed by atoms with Gasteiger partial charge in [0.2, 0.25) is 0 Å².